The van der Waals surface area contributed by atoms with Gasteiger partial charge in [-0.25, -0.2) is 0 Å². The van der Waals surface area contributed by atoms with Gasteiger partial charge in [-0.1, -0.05) is 32.5 Å². The summed E-state index contributed by atoms with van der Waals surface area (Å²) >= 11 is 0. The first kappa shape index (κ1) is 9.58. The normalized spacial score (nSPS) is 26.0. The van der Waals surface area contributed by atoms with Crippen molar-refractivity contribution in [1.82, 2.24) is 4.81 Å². The third-order valence-electron chi connectivity index (χ3n) is 3.95. The van der Waals surface area contributed by atoms with Crippen LogP contribution in [0.15, 0.2) is 0 Å². The van der Waals surface area contributed by atoms with Crippen molar-refractivity contribution in [3.05, 3.63) is 0 Å². The molecule has 2 rings (SSSR count). The summed E-state index contributed by atoms with van der Waals surface area (Å²) in [5, 5.41) is 0. The van der Waals surface area contributed by atoms with Gasteiger partial charge in [0.1, 0.15) is 0 Å². The number of nitrogens with zero attached hydrogens (tertiary/aromatic N) is 1. The smallest absolute Gasteiger partial charge is 0.201 e. The Kier molecular flexibility index (Phi) is 3.31. The second kappa shape index (κ2) is 4.50. The Morgan fingerprint density at radius 3 is 1.54 bits per heavy atom. The summed E-state index contributed by atoms with van der Waals surface area (Å²) < 4.78 is 0. The molecule has 0 aromatic carbocycles. The minimum absolute atomic E-state index is 0.952. The lowest BCUT2D eigenvalue weighted by atomic mass is 9.88. The van der Waals surface area contributed by atoms with Crippen LogP contribution in [-0.4, -0.2) is 24.3 Å². The van der Waals surface area contributed by atoms with Crippen LogP contribution in [0.25, 0.3) is 0 Å². The fourth-order valence-corrected chi connectivity index (χ4v) is 3.29. The average Bonchev–Trinajstić information content (AvgIpc) is 2.76. The molecule has 0 amide bonds. The summed E-state index contributed by atoms with van der Waals surface area (Å²) in [6.45, 7) is 2.34. The van der Waals surface area contributed by atoms with E-state index < -0.39 is 0 Å². The Labute approximate surface area is 83.1 Å². The van der Waals surface area contributed by atoms with Gasteiger partial charge in [0.25, 0.3) is 0 Å². The molecule has 0 radical (unpaired) electrons. The van der Waals surface area contributed by atoms with E-state index in [2.05, 4.69) is 11.6 Å². The van der Waals surface area contributed by atoms with E-state index in [1.165, 1.54) is 58.8 Å². The lowest BCUT2D eigenvalue weighted by Gasteiger charge is -2.33. The molecule has 0 N–H and O–H groups in total. The second-order valence-electron chi connectivity index (χ2n) is 4.71. The monoisotopic (exact) mass is 179 g/mol. The molecule has 2 fully saturated rings. The summed E-state index contributed by atoms with van der Waals surface area (Å²) in [6, 6.07) is 1.90. The quantitative estimate of drug-likeness (QED) is 0.602. The summed E-state index contributed by atoms with van der Waals surface area (Å²) in [6.07, 6.45) is 11.8. The molecule has 2 aliphatic rings. The van der Waals surface area contributed by atoms with Crippen molar-refractivity contribution in [2.45, 2.75) is 70.3 Å². The highest BCUT2D eigenvalue weighted by atomic mass is 15.1. The summed E-state index contributed by atoms with van der Waals surface area (Å²) in [5.41, 5.74) is 0. The van der Waals surface area contributed by atoms with Gasteiger partial charge in [-0.05, 0) is 37.8 Å². The van der Waals surface area contributed by atoms with Crippen LogP contribution in [0.1, 0.15) is 51.4 Å². The molecule has 2 heteroatoms. The van der Waals surface area contributed by atoms with Crippen LogP contribution in [0.2, 0.25) is 6.82 Å². The zero-order valence-corrected chi connectivity index (χ0v) is 8.97. The number of hydrogen-bond acceptors (Lipinski definition) is 1. The summed E-state index contributed by atoms with van der Waals surface area (Å²) in [7, 11) is 1.29. The van der Waals surface area contributed by atoms with Crippen LogP contribution in [0.4, 0.5) is 0 Å². The highest BCUT2D eigenvalue weighted by molar-refractivity contribution is 6.30. The first-order valence-corrected chi connectivity index (χ1v) is 6.17. The lowest BCUT2D eigenvalue weighted by Crippen LogP contribution is -2.42. The van der Waals surface area contributed by atoms with Gasteiger partial charge in [0, 0.05) is 0 Å². The maximum Gasteiger partial charge on any atom is 0.201 e. The zero-order chi connectivity index (χ0) is 9.10. The standard InChI is InChI=1S/C11H22BN/c1-12-13(10-6-2-3-7-10)11-8-4-5-9-11/h10-12H,2-9H2,1H3. The van der Waals surface area contributed by atoms with E-state index in [0.717, 1.165) is 12.1 Å². The number of rotatable bonds is 3. The highest BCUT2D eigenvalue weighted by Crippen LogP contribution is 2.30. The molecule has 0 aliphatic heterocycles. The first-order chi connectivity index (χ1) is 6.42. The summed E-state index contributed by atoms with van der Waals surface area (Å²) in [4.78, 5) is 2.81. The fourth-order valence-electron chi connectivity index (χ4n) is 3.29. The minimum atomic E-state index is 0.952. The molecule has 0 saturated heterocycles. The second-order valence-corrected chi connectivity index (χ2v) is 4.71. The Hall–Kier alpha value is 0.0249. The van der Waals surface area contributed by atoms with Gasteiger partial charge in [0.15, 0.2) is 0 Å². The molecule has 0 unspecified atom stereocenters. The van der Waals surface area contributed by atoms with Crippen molar-refractivity contribution in [3.8, 4) is 0 Å². The van der Waals surface area contributed by atoms with Gasteiger partial charge in [-0.2, -0.15) is 0 Å². The van der Waals surface area contributed by atoms with Gasteiger partial charge in [-0.3, -0.25) is 0 Å². The Bertz CT molecular complexity index is 132. The first-order valence-electron chi connectivity index (χ1n) is 6.17. The van der Waals surface area contributed by atoms with Gasteiger partial charge >= 0.3 is 0 Å². The molecule has 1 nitrogen and oxygen atoms in total. The Morgan fingerprint density at radius 1 is 0.846 bits per heavy atom. The minimum Gasteiger partial charge on any atom is -0.340 e. The maximum atomic E-state index is 2.81. The SMILES string of the molecule is CBN(C1CCCC1)C1CCCC1. The van der Waals surface area contributed by atoms with Gasteiger partial charge < -0.3 is 4.81 Å². The van der Waals surface area contributed by atoms with Crippen molar-refractivity contribution in [2.75, 3.05) is 0 Å². The van der Waals surface area contributed by atoms with E-state index in [0.29, 0.717) is 0 Å². The van der Waals surface area contributed by atoms with Gasteiger partial charge in [0.2, 0.25) is 7.41 Å². The van der Waals surface area contributed by atoms with Crippen LogP contribution >= 0.6 is 0 Å². The predicted molar refractivity (Wildman–Crippen MR) is 59.4 cm³/mol. The zero-order valence-electron chi connectivity index (χ0n) is 8.97. The van der Waals surface area contributed by atoms with Crippen LogP contribution in [-0.2, 0) is 0 Å². The third-order valence-corrected chi connectivity index (χ3v) is 3.95. The fraction of sp³-hybridized carbons (Fsp3) is 1.00. The molecular formula is C11H22BN. The Balaban J connectivity index is 1.90. The Morgan fingerprint density at radius 2 is 1.23 bits per heavy atom. The van der Waals surface area contributed by atoms with E-state index in [-0.39, 0.29) is 0 Å². The van der Waals surface area contributed by atoms with E-state index in [9.17, 15) is 0 Å². The lowest BCUT2D eigenvalue weighted by molar-refractivity contribution is 0.258. The van der Waals surface area contributed by atoms with E-state index in [1.807, 2.05) is 0 Å². The highest BCUT2D eigenvalue weighted by Gasteiger charge is 2.28. The molecule has 13 heavy (non-hydrogen) atoms. The van der Waals surface area contributed by atoms with Crippen LogP contribution in [0, 0.1) is 0 Å². The van der Waals surface area contributed by atoms with Crippen LogP contribution < -0.4 is 0 Å². The van der Waals surface area contributed by atoms with Crippen LogP contribution in [0.5, 0.6) is 0 Å². The number of hydrogen-bond donors (Lipinski definition) is 0. The molecule has 2 saturated carbocycles. The third kappa shape index (κ3) is 2.09. The molecular weight excluding hydrogens is 157 g/mol. The van der Waals surface area contributed by atoms with E-state index in [4.69, 9.17) is 0 Å². The molecule has 0 heterocycles. The summed E-state index contributed by atoms with van der Waals surface area (Å²) in [5.74, 6) is 0. The van der Waals surface area contributed by atoms with E-state index in [1.54, 1.807) is 0 Å². The van der Waals surface area contributed by atoms with Crippen molar-refractivity contribution < 1.29 is 0 Å². The van der Waals surface area contributed by atoms with Crippen molar-refractivity contribution in [1.29, 1.82) is 0 Å². The van der Waals surface area contributed by atoms with Crippen molar-refractivity contribution >= 4 is 7.41 Å². The van der Waals surface area contributed by atoms with E-state index >= 15 is 0 Å². The topological polar surface area (TPSA) is 3.24 Å². The molecule has 0 atom stereocenters. The molecule has 0 bridgehead atoms. The van der Waals surface area contributed by atoms with Crippen molar-refractivity contribution in [3.63, 3.8) is 0 Å². The van der Waals surface area contributed by atoms with Crippen LogP contribution in [0.3, 0.4) is 0 Å². The molecule has 2 aliphatic carbocycles. The molecule has 0 aromatic heterocycles. The largest absolute Gasteiger partial charge is 0.340 e. The maximum absolute atomic E-state index is 2.81. The van der Waals surface area contributed by atoms with Gasteiger partial charge in [0.05, 0.1) is 0 Å². The predicted octanol–water partition coefficient (Wildman–Crippen LogP) is 2.57. The van der Waals surface area contributed by atoms with Crippen molar-refractivity contribution in [2.24, 2.45) is 0 Å². The molecule has 0 spiro atoms. The average molecular weight is 179 g/mol. The molecule has 0 aromatic rings. The molecule has 74 valence electrons. The van der Waals surface area contributed by atoms with Gasteiger partial charge in [-0.15, -0.1) is 0 Å².